The highest BCUT2D eigenvalue weighted by atomic mass is 35.5. The zero-order valence-electron chi connectivity index (χ0n) is 13.1. The van der Waals surface area contributed by atoms with Gasteiger partial charge in [0.15, 0.2) is 0 Å². The normalized spacial score (nSPS) is 40.6. The summed E-state index contributed by atoms with van der Waals surface area (Å²) in [6, 6.07) is 0.277. The Bertz CT molecular complexity index is 388. The molecule has 0 aromatic heterocycles. The number of fused-ring (bicyclic) bond motifs is 1. The lowest BCUT2D eigenvalue weighted by Crippen LogP contribution is -2.70. The van der Waals surface area contributed by atoms with Gasteiger partial charge in [0, 0.05) is 29.9 Å². The first-order valence-electron chi connectivity index (χ1n) is 8.17. The standard InChI is InChI=1S/C16H28N2O2.ClH/c1-16(2)13(12-7-4-8-20-14(12)16)18-15(19)11-6-3-5-10(11)9-17;/h10-14H,3-9,17H2,1-2H3,(H,18,19);1H/t10-,11-,12?,13?,14?;/m1./s1. The maximum Gasteiger partial charge on any atom is 0.223 e. The zero-order valence-corrected chi connectivity index (χ0v) is 14.0. The minimum Gasteiger partial charge on any atom is -0.377 e. The topological polar surface area (TPSA) is 64.4 Å². The fourth-order valence-electron chi connectivity index (χ4n) is 4.74. The van der Waals surface area contributed by atoms with E-state index >= 15 is 0 Å². The molecular weight excluding hydrogens is 288 g/mol. The predicted octanol–water partition coefficient (Wildman–Crippen LogP) is 2.10. The Morgan fingerprint density at radius 3 is 2.76 bits per heavy atom. The molecule has 3 rings (SSSR count). The zero-order chi connectivity index (χ0) is 14.3. The summed E-state index contributed by atoms with van der Waals surface area (Å²) in [5.74, 6) is 1.27. The van der Waals surface area contributed by atoms with Gasteiger partial charge in [-0.15, -0.1) is 12.4 Å². The lowest BCUT2D eigenvalue weighted by molar-refractivity contribution is -0.194. The number of carbonyl (C=O) groups excluding carboxylic acids is 1. The van der Waals surface area contributed by atoms with Crippen molar-refractivity contribution in [2.24, 2.45) is 28.9 Å². The van der Waals surface area contributed by atoms with Gasteiger partial charge < -0.3 is 15.8 Å². The maximum absolute atomic E-state index is 12.6. The molecule has 1 aliphatic heterocycles. The number of hydrogen-bond acceptors (Lipinski definition) is 3. The van der Waals surface area contributed by atoms with Crippen LogP contribution in [0.1, 0.15) is 46.0 Å². The van der Waals surface area contributed by atoms with Crippen molar-refractivity contribution in [3.8, 4) is 0 Å². The van der Waals surface area contributed by atoms with E-state index < -0.39 is 0 Å². The van der Waals surface area contributed by atoms with E-state index in [0.29, 0.717) is 24.5 Å². The Labute approximate surface area is 134 Å². The van der Waals surface area contributed by atoms with Crippen molar-refractivity contribution >= 4 is 18.3 Å². The third kappa shape index (κ3) is 2.82. The van der Waals surface area contributed by atoms with E-state index in [1.807, 2.05) is 0 Å². The monoisotopic (exact) mass is 316 g/mol. The SMILES string of the molecule is CC1(C)C(NC(=O)[C@@H]2CCC[C@@H]2CN)C2CCCOC21.Cl. The highest BCUT2D eigenvalue weighted by molar-refractivity contribution is 5.85. The van der Waals surface area contributed by atoms with Crippen molar-refractivity contribution in [3.05, 3.63) is 0 Å². The molecule has 3 aliphatic rings. The molecule has 0 radical (unpaired) electrons. The molecule has 5 heteroatoms. The van der Waals surface area contributed by atoms with Crippen LogP contribution >= 0.6 is 12.4 Å². The van der Waals surface area contributed by atoms with Crippen LogP contribution < -0.4 is 11.1 Å². The van der Waals surface area contributed by atoms with E-state index in [9.17, 15) is 4.79 Å². The van der Waals surface area contributed by atoms with Crippen molar-refractivity contribution in [2.75, 3.05) is 13.2 Å². The molecule has 3 unspecified atom stereocenters. The van der Waals surface area contributed by atoms with Gasteiger partial charge in [-0.1, -0.05) is 20.3 Å². The summed E-state index contributed by atoms with van der Waals surface area (Å²) < 4.78 is 5.90. The largest absolute Gasteiger partial charge is 0.377 e. The van der Waals surface area contributed by atoms with Gasteiger partial charge in [0.2, 0.25) is 5.91 Å². The molecule has 0 bridgehead atoms. The number of carbonyl (C=O) groups is 1. The van der Waals surface area contributed by atoms with Crippen LogP contribution in [0.2, 0.25) is 0 Å². The second-order valence-corrected chi connectivity index (χ2v) is 7.44. The van der Waals surface area contributed by atoms with Crippen molar-refractivity contribution in [2.45, 2.75) is 58.1 Å². The Morgan fingerprint density at radius 2 is 2.05 bits per heavy atom. The van der Waals surface area contributed by atoms with Gasteiger partial charge in [0.05, 0.1) is 6.10 Å². The fraction of sp³-hybridized carbons (Fsp3) is 0.938. The number of amides is 1. The molecule has 0 spiro atoms. The minimum absolute atomic E-state index is 0. The maximum atomic E-state index is 12.6. The summed E-state index contributed by atoms with van der Waals surface area (Å²) in [6.45, 7) is 5.96. The molecule has 0 aromatic rings. The van der Waals surface area contributed by atoms with Gasteiger partial charge in [-0.3, -0.25) is 4.79 Å². The predicted molar refractivity (Wildman–Crippen MR) is 85.3 cm³/mol. The number of rotatable bonds is 3. The Balaban J connectivity index is 0.00000161. The van der Waals surface area contributed by atoms with Gasteiger partial charge in [0.25, 0.3) is 0 Å². The number of hydrogen-bond donors (Lipinski definition) is 2. The molecule has 1 amide bonds. The smallest absolute Gasteiger partial charge is 0.223 e. The number of nitrogens with one attached hydrogen (secondary N) is 1. The van der Waals surface area contributed by atoms with Crippen LogP contribution in [0, 0.1) is 23.2 Å². The van der Waals surface area contributed by atoms with Crippen LogP contribution in [-0.4, -0.2) is 31.2 Å². The van der Waals surface area contributed by atoms with Crippen molar-refractivity contribution in [3.63, 3.8) is 0 Å². The molecule has 1 heterocycles. The van der Waals surface area contributed by atoms with E-state index in [4.69, 9.17) is 10.5 Å². The van der Waals surface area contributed by atoms with E-state index in [2.05, 4.69) is 19.2 Å². The van der Waals surface area contributed by atoms with E-state index in [-0.39, 0.29) is 35.7 Å². The molecule has 3 N–H and O–H groups in total. The van der Waals surface area contributed by atoms with E-state index in [1.54, 1.807) is 0 Å². The highest BCUT2D eigenvalue weighted by Crippen LogP contribution is 2.51. The summed E-state index contributed by atoms with van der Waals surface area (Å²) in [7, 11) is 0. The summed E-state index contributed by atoms with van der Waals surface area (Å²) in [5, 5.41) is 3.34. The first kappa shape index (κ1) is 17.0. The molecule has 2 aliphatic carbocycles. The average Bonchev–Trinajstić information content (AvgIpc) is 2.93. The van der Waals surface area contributed by atoms with Crippen molar-refractivity contribution < 1.29 is 9.53 Å². The number of halogens is 1. The van der Waals surface area contributed by atoms with Crippen LogP contribution in [0.3, 0.4) is 0 Å². The second kappa shape index (κ2) is 6.43. The molecule has 0 aromatic carbocycles. The second-order valence-electron chi connectivity index (χ2n) is 7.44. The molecule has 5 atom stereocenters. The summed E-state index contributed by atoms with van der Waals surface area (Å²) in [4.78, 5) is 12.6. The quantitative estimate of drug-likeness (QED) is 0.838. The molecule has 2 saturated carbocycles. The Morgan fingerprint density at radius 1 is 1.29 bits per heavy atom. The van der Waals surface area contributed by atoms with Crippen molar-refractivity contribution in [1.82, 2.24) is 5.32 Å². The van der Waals surface area contributed by atoms with Crippen LogP contribution in [0.4, 0.5) is 0 Å². The van der Waals surface area contributed by atoms with Gasteiger partial charge in [0.1, 0.15) is 0 Å². The van der Waals surface area contributed by atoms with Crippen LogP contribution in [0.5, 0.6) is 0 Å². The van der Waals surface area contributed by atoms with Crippen LogP contribution in [0.25, 0.3) is 0 Å². The number of ether oxygens (including phenoxy) is 1. The highest BCUT2D eigenvalue weighted by Gasteiger charge is 2.58. The van der Waals surface area contributed by atoms with Gasteiger partial charge >= 0.3 is 0 Å². The van der Waals surface area contributed by atoms with E-state index in [1.165, 1.54) is 6.42 Å². The fourth-order valence-corrected chi connectivity index (χ4v) is 4.74. The van der Waals surface area contributed by atoms with Gasteiger partial charge in [-0.25, -0.2) is 0 Å². The first-order chi connectivity index (χ1) is 9.55. The lowest BCUT2D eigenvalue weighted by atomic mass is 9.55. The molecule has 1 saturated heterocycles. The van der Waals surface area contributed by atoms with Crippen molar-refractivity contribution in [1.29, 1.82) is 0 Å². The third-order valence-electron chi connectivity index (χ3n) is 5.93. The number of nitrogens with two attached hydrogens (primary N) is 1. The first-order valence-corrected chi connectivity index (χ1v) is 8.17. The average molecular weight is 317 g/mol. The Kier molecular flexibility index (Phi) is 5.22. The van der Waals surface area contributed by atoms with Gasteiger partial charge in [-0.05, 0) is 38.1 Å². The minimum atomic E-state index is 0. The molecular formula is C16H29ClN2O2. The van der Waals surface area contributed by atoms with Gasteiger partial charge in [-0.2, -0.15) is 0 Å². The lowest BCUT2D eigenvalue weighted by Gasteiger charge is -2.60. The van der Waals surface area contributed by atoms with Crippen LogP contribution in [0.15, 0.2) is 0 Å². The van der Waals surface area contributed by atoms with E-state index in [0.717, 1.165) is 32.3 Å². The molecule has 122 valence electrons. The summed E-state index contributed by atoms with van der Waals surface area (Å²) in [6.07, 6.45) is 5.89. The van der Waals surface area contributed by atoms with Crippen LogP contribution in [-0.2, 0) is 9.53 Å². The summed E-state index contributed by atoms with van der Waals surface area (Å²) >= 11 is 0. The molecule has 3 fully saturated rings. The summed E-state index contributed by atoms with van der Waals surface area (Å²) in [5.41, 5.74) is 5.87. The third-order valence-corrected chi connectivity index (χ3v) is 5.93. The Hall–Kier alpha value is -0.320. The molecule has 4 nitrogen and oxygen atoms in total. The molecule has 21 heavy (non-hydrogen) atoms.